The lowest BCUT2D eigenvalue weighted by atomic mass is 9.99. The predicted molar refractivity (Wildman–Crippen MR) is 120 cm³/mol. The largest absolute Gasteiger partial charge is 0.364 e. The lowest BCUT2D eigenvalue weighted by molar-refractivity contribution is -0.120. The number of benzene rings is 2. The van der Waals surface area contributed by atoms with E-state index in [9.17, 15) is 9.59 Å². The van der Waals surface area contributed by atoms with Crippen LogP contribution in [0, 0.1) is 13.8 Å². The SMILES string of the molecule is CCc1ccc(N2C(=O)C(c3ccc(C)c(C)c3)=C(N3CCN(C)CC3)C2=O)cc1. The molecule has 0 radical (unpaired) electrons. The van der Waals surface area contributed by atoms with E-state index >= 15 is 0 Å². The molecular formula is C25H29N3O2. The van der Waals surface area contributed by atoms with Gasteiger partial charge >= 0.3 is 0 Å². The van der Waals surface area contributed by atoms with Gasteiger partial charge in [0.25, 0.3) is 11.8 Å². The van der Waals surface area contributed by atoms with Crippen molar-refractivity contribution in [3.05, 3.63) is 70.4 Å². The summed E-state index contributed by atoms with van der Waals surface area (Å²) in [6, 6.07) is 13.7. The van der Waals surface area contributed by atoms with Crippen molar-refractivity contribution in [2.24, 2.45) is 0 Å². The van der Waals surface area contributed by atoms with E-state index in [2.05, 4.69) is 30.7 Å². The van der Waals surface area contributed by atoms with Crippen molar-refractivity contribution < 1.29 is 9.59 Å². The minimum Gasteiger partial charge on any atom is -0.364 e. The highest BCUT2D eigenvalue weighted by molar-refractivity contribution is 6.45. The maximum absolute atomic E-state index is 13.6. The highest BCUT2D eigenvalue weighted by Crippen LogP contribution is 2.35. The molecule has 5 heteroatoms. The van der Waals surface area contributed by atoms with Gasteiger partial charge in [0.15, 0.2) is 0 Å². The lowest BCUT2D eigenvalue weighted by Crippen LogP contribution is -2.46. The van der Waals surface area contributed by atoms with Crippen molar-refractivity contribution >= 4 is 23.1 Å². The fraction of sp³-hybridized carbons (Fsp3) is 0.360. The molecule has 2 aromatic rings. The Hall–Kier alpha value is -2.92. The van der Waals surface area contributed by atoms with Gasteiger partial charge in [-0.15, -0.1) is 0 Å². The van der Waals surface area contributed by atoms with Crippen LogP contribution in [-0.4, -0.2) is 54.8 Å². The number of rotatable bonds is 4. The van der Waals surface area contributed by atoms with Gasteiger partial charge in [-0.3, -0.25) is 9.59 Å². The van der Waals surface area contributed by atoms with Crippen LogP contribution in [0.5, 0.6) is 0 Å². The molecule has 30 heavy (non-hydrogen) atoms. The van der Waals surface area contributed by atoms with Gasteiger partial charge in [-0.25, -0.2) is 4.90 Å². The van der Waals surface area contributed by atoms with Gasteiger partial charge < -0.3 is 9.80 Å². The van der Waals surface area contributed by atoms with Crippen LogP contribution in [-0.2, 0) is 16.0 Å². The molecule has 2 heterocycles. The summed E-state index contributed by atoms with van der Waals surface area (Å²) in [6.45, 7) is 9.40. The first-order chi connectivity index (χ1) is 14.4. The Balaban J connectivity index is 1.80. The molecule has 0 aliphatic carbocycles. The zero-order valence-corrected chi connectivity index (χ0v) is 18.2. The van der Waals surface area contributed by atoms with E-state index < -0.39 is 0 Å². The Morgan fingerprint density at radius 3 is 2.10 bits per heavy atom. The van der Waals surface area contributed by atoms with Gasteiger partial charge in [0.1, 0.15) is 5.70 Å². The zero-order valence-electron chi connectivity index (χ0n) is 18.2. The number of likely N-dealkylation sites (N-methyl/N-ethyl adjacent to an activating group) is 1. The summed E-state index contributed by atoms with van der Waals surface area (Å²) in [5.74, 6) is -0.455. The minimum absolute atomic E-state index is 0.220. The molecule has 2 aliphatic heterocycles. The van der Waals surface area contributed by atoms with Crippen molar-refractivity contribution in [2.75, 3.05) is 38.1 Å². The molecule has 0 spiro atoms. The van der Waals surface area contributed by atoms with Gasteiger partial charge in [-0.1, -0.05) is 37.3 Å². The normalized spacial score (nSPS) is 18.0. The molecule has 4 rings (SSSR count). The van der Waals surface area contributed by atoms with E-state index in [1.54, 1.807) is 0 Å². The molecule has 5 nitrogen and oxygen atoms in total. The number of nitrogens with zero attached hydrogens (tertiary/aromatic N) is 3. The molecule has 0 bridgehead atoms. The number of carbonyl (C=O) groups excluding carboxylic acids is 2. The number of hydrogen-bond acceptors (Lipinski definition) is 4. The number of imide groups is 1. The number of amides is 2. The van der Waals surface area contributed by atoms with Crippen molar-refractivity contribution in [3.8, 4) is 0 Å². The van der Waals surface area contributed by atoms with Crippen LogP contribution in [0.3, 0.4) is 0 Å². The summed E-state index contributed by atoms with van der Waals surface area (Å²) in [5, 5.41) is 0. The standard InChI is InChI=1S/C25H29N3O2/c1-5-19-7-10-21(11-8-19)28-24(29)22(20-9-6-17(2)18(3)16-20)23(25(28)30)27-14-12-26(4)13-15-27/h6-11,16H,5,12-15H2,1-4H3. The third-order valence-electron chi connectivity index (χ3n) is 6.28. The number of anilines is 1. The first-order valence-corrected chi connectivity index (χ1v) is 10.6. The van der Waals surface area contributed by atoms with Gasteiger partial charge in [0.2, 0.25) is 0 Å². The Labute approximate surface area is 178 Å². The van der Waals surface area contributed by atoms with Crippen LogP contribution in [0.4, 0.5) is 5.69 Å². The summed E-state index contributed by atoms with van der Waals surface area (Å²) in [4.78, 5) is 32.9. The maximum atomic E-state index is 13.6. The van der Waals surface area contributed by atoms with E-state index in [0.29, 0.717) is 17.0 Å². The molecule has 156 valence electrons. The van der Waals surface area contributed by atoms with Crippen molar-refractivity contribution in [1.29, 1.82) is 0 Å². The van der Waals surface area contributed by atoms with E-state index in [-0.39, 0.29) is 11.8 Å². The second-order valence-corrected chi connectivity index (χ2v) is 8.28. The summed E-state index contributed by atoms with van der Waals surface area (Å²) in [7, 11) is 2.08. The molecule has 2 aromatic carbocycles. The molecule has 0 saturated carbocycles. The summed E-state index contributed by atoms with van der Waals surface area (Å²) >= 11 is 0. The van der Waals surface area contributed by atoms with Gasteiger partial charge in [-0.05, 0) is 61.7 Å². The van der Waals surface area contributed by atoms with Crippen LogP contribution >= 0.6 is 0 Å². The number of hydrogen-bond donors (Lipinski definition) is 0. The monoisotopic (exact) mass is 403 g/mol. The first kappa shape index (κ1) is 20.4. The Morgan fingerprint density at radius 2 is 1.50 bits per heavy atom. The molecule has 2 aliphatic rings. The average molecular weight is 404 g/mol. The predicted octanol–water partition coefficient (Wildman–Crippen LogP) is 3.40. The second-order valence-electron chi connectivity index (χ2n) is 8.28. The molecule has 2 amide bonds. The van der Waals surface area contributed by atoms with E-state index in [1.165, 1.54) is 16.0 Å². The van der Waals surface area contributed by atoms with Gasteiger partial charge in [0.05, 0.1) is 11.3 Å². The summed E-state index contributed by atoms with van der Waals surface area (Å²) < 4.78 is 0. The first-order valence-electron chi connectivity index (χ1n) is 10.6. The number of aryl methyl sites for hydroxylation is 3. The smallest absolute Gasteiger partial charge is 0.282 e. The Bertz CT molecular complexity index is 1020. The highest BCUT2D eigenvalue weighted by atomic mass is 16.2. The molecule has 0 aromatic heterocycles. The quantitative estimate of drug-likeness (QED) is 0.734. The third-order valence-corrected chi connectivity index (χ3v) is 6.28. The average Bonchev–Trinajstić information content (AvgIpc) is 3.01. The minimum atomic E-state index is -0.235. The molecule has 0 unspecified atom stereocenters. The van der Waals surface area contributed by atoms with Crippen molar-refractivity contribution in [1.82, 2.24) is 9.80 Å². The van der Waals surface area contributed by atoms with Crippen LogP contribution < -0.4 is 4.90 Å². The fourth-order valence-electron chi connectivity index (χ4n) is 4.11. The van der Waals surface area contributed by atoms with Gasteiger partial charge in [0, 0.05) is 26.2 Å². The maximum Gasteiger partial charge on any atom is 0.282 e. The fourth-order valence-corrected chi connectivity index (χ4v) is 4.11. The molecule has 0 N–H and O–H groups in total. The van der Waals surface area contributed by atoms with Crippen LogP contribution in [0.25, 0.3) is 5.57 Å². The summed E-state index contributed by atoms with van der Waals surface area (Å²) in [5.41, 5.74) is 5.97. The van der Waals surface area contributed by atoms with E-state index in [0.717, 1.165) is 43.7 Å². The van der Waals surface area contributed by atoms with Crippen LogP contribution in [0.2, 0.25) is 0 Å². The molecule has 1 fully saturated rings. The van der Waals surface area contributed by atoms with Crippen LogP contribution in [0.1, 0.15) is 29.2 Å². The summed E-state index contributed by atoms with van der Waals surface area (Å²) in [6.07, 6.45) is 0.918. The number of piperazine rings is 1. The van der Waals surface area contributed by atoms with E-state index in [4.69, 9.17) is 0 Å². The topological polar surface area (TPSA) is 43.9 Å². The highest BCUT2D eigenvalue weighted by Gasteiger charge is 2.42. The molecular weight excluding hydrogens is 374 g/mol. The second kappa shape index (κ2) is 8.07. The van der Waals surface area contributed by atoms with Crippen LogP contribution in [0.15, 0.2) is 48.2 Å². The van der Waals surface area contributed by atoms with Gasteiger partial charge in [-0.2, -0.15) is 0 Å². The zero-order chi connectivity index (χ0) is 21.4. The third kappa shape index (κ3) is 3.54. The van der Waals surface area contributed by atoms with Crippen molar-refractivity contribution in [2.45, 2.75) is 27.2 Å². The Morgan fingerprint density at radius 1 is 0.833 bits per heavy atom. The Kier molecular flexibility index (Phi) is 5.48. The molecule has 1 saturated heterocycles. The lowest BCUT2D eigenvalue weighted by Gasteiger charge is -2.34. The number of carbonyl (C=O) groups is 2. The van der Waals surface area contributed by atoms with Crippen molar-refractivity contribution in [3.63, 3.8) is 0 Å². The van der Waals surface area contributed by atoms with E-state index in [1.807, 2.05) is 49.4 Å². The molecule has 0 atom stereocenters.